The molecule has 0 spiro atoms. The monoisotopic (exact) mass is 224 g/mol. The topological polar surface area (TPSA) is 33.3 Å². The predicted octanol–water partition coefficient (Wildman–Crippen LogP) is 0.904. The molecular formula is C12H17FN2O. The quantitative estimate of drug-likeness (QED) is 0.797. The van der Waals surface area contributed by atoms with Gasteiger partial charge in [-0.15, -0.1) is 0 Å². The number of rotatable bonds is 4. The van der Waals surface area contributed by atoms with Gasteiger partial charge in [0, 0.05) is 25.7 Å². The fraction of sp³-hybridized carbons (Fsp3) is 0.500. The van der Waals surface area contributed by atoms with E-state index >= 15 is 0 Å². The highest BCUT2D eigenvalue weighted by molar-refractivity contribution is 5.15. The van der Waals surface area contributed by atoms with E-state index < -0.39 is 0 Å². The van der Waals surface area contributed by atoms with E-state index in [2.05, 4.69) is 10.6 Å². The first-order valence-electron chi connectivity index (χ1n) is 5.61. The van der Waals surface area contributed by atoms with Crippen LogP contribution in [0, 0.1) is 5.82 Å². The van der Waals surface area contributed by atoms with Gasteiger partial charge >= 0.3 is 0 Å². The maximum atomic E-state index is 12.9. The molecular weight excluding hydrogens is 207 g/mol. The van der Waals surface area contributed by atoms with Gasteiger partial charge in [-0.05, 0) is 17.7 Å². The third kappa shape index (κ3) is 3.56. The number of benzene rings is 1. The molecule has 0 aromatic heterocycles. The molecule has 0 bridgehead atoms. The summed E-state index contributed by atoms with van der Waals surface area (Å²) in [4.78, 5) is 0. The van der Waals surface area contributed by atoms with Gasteiger partial charge in [-0.25, -0.2) is 4.39 Å². The number of ether oxygens (including phenoxy) is 1. The van der Waals surface area contributed by atoms with E-state index in [1.807, 2.05) is 6.07 Å². The molecule has 1 fully saturated rings. The van der Waals surface area contributed by atoms with Gasteiger partial charge in [0.25, 0.3) is 0 Å². The van der Waals surface area contributed by atoms with Crippen molar-refractivity contribution in [2.24, 2.45) is 0 Å². The molecule has 1 aliphatic heterocycles. The Balaban J connectivity index is 1.71. The zero-order chi connectivity index (χ0) is 11.2. The molecule has 1 aromatic carbocycles. The third-order valence-corrected chi connectivity index (χ3v) is 2.61. The molecule has 1 heterocycles. The average Bonchev–Trinajstić information content (AvgIpc) is 2.30. The largest absolute Gasteiger partial charge is 0.378 e. The number of halogens is 1. The molecule has 1 unspecified atom stereocenters. The number of nitrogens with one attached hydrogen (secondary N) is 2. The van der Waals surface area contributed by atoms with Gasteiger partial charge in [-0.2, -0.15) is 0 Å². The maximum absolute atomic E-state index is 12.9. The van der Waals surface area contributed by atoms with Crippen LogP contribution in [0.4, 0.5) is 4.39 Å². The van der Waals surface area contributed by atoms with Crippen molar-refractivity contribution in [3.05, 3.63) is 35.6 Å². The lowest BCUT2D eigenvalue weighted by Crippen LogP contribution is -2.47. The minimum absolute atomic E-state index is 0.182. The Morgan fingerprint density at radius 2 is 2.44 bits per heavy atom. The molecule has 0 aliphatic carbocycles. The van der Waals surface area contributed by atoms with Crippen LogP contribution in [0.25, 0.3) is 0 Å². The van der Waals surface area contributed by atoms with Crippen LogP contribution in [0.1, 0.15) is 5.56 Å². The lowest BCUT2D eigenvalue weighted by molar-refractivity contribution is 0.0766. The zero-order valence-corrected chi connectivity index (χ0v) is 9.21. The molecule has 16 heavy (non-hydrogen) atoms. The van der Waals surface area contributed by atoms with Crippen LogP contribution < -0.4 is 10.6 Å². The van der Waals surface area contributed by atoms with Crippen molar-refractivity contribution >= 4 is 0 Å². The summed E-state index contributed by atoms with van der Waals surface area (Å²) in [6.45, 7) is 3.98. The van der Waals surface area contributed by atoms with Crippen LogP contribution in [-0.2, 0) is 11.3 Å². The SMILES string of the molecule is Fc1cccc(CNCC2COCCN2)c1. The fourth-order valence-electron chi connectivity index (χ4n) is 1.79. The van der Waals surface area contributed by atoms with Crippen molar-refractivity contribution in [2.75, 3.05) is 26.3 Å². The number of hydrogen-bond acceptors (Lipinski definition) is 3. The van der Waals surface area contributed by atoms with Crippen molar-refractivity contribution < 1.29 is 9.13 Å². The lowest BCUT2D eigenvalue weighted by Gasteiger charge is -2.24. The molecule has 88 valence electrons. The van der Waals surface area contributed by atoms with Gasteiger partial charge in [0.15, 0.2) is 0 Å². The first kappa shape index (κ1) is 11.5. The Kier molecular flexibility index (Phi) is 4.27. The Morgan fingerprint density at radius 3 is 3.19 bits per heavy atom. The van der Waals surface area contributed by atoms with Crippen LogP contribution in [0.2, 0.25) is 0 Å². The average molecular weight is 224 g/mol. The normalized spacial score (nSPS) is 20.9. The van der Waals surface area contributed by atoms with E-state index in [0.717, 1.165) is 31.9 Å². The summed E-state index contributed by atoms with van der Waals surface area (Å²) < 4.78 is 18.2. The molecule has 1 aliphatic rings. The lowest BCUT2D eigenvalue weighted by atomic mass is 10.2. The van der Waals surface area contributed by atoms with Crippen LogP contribution in [0.5, 0.6) is 0 Å². The summed E-state index contributed by atoms with van der Waals surface area (Å²) in [6.07, 6.45) is 0. The highest BCUT2D eigenvalue weighted by Crippen LogP contribution is 2.02. The van der Waals surface area contributed by atoms with Gasteiger partial charge in [0.1, 0.15) is 5.82 Å². The van der Waals surface area contributed by atoms with E-state index in [-0.39, 0.29) is 5.82 Å². The van der Waals surface area contributed by atoms with Crippen LogP contribution in [0.15, 0.2) is 24.3 Å². The van der Waals surface area contributed by atoms with Crippen molar-refractivity contribution in [3.8, 4) is 0 Å². The van der Waals surface area contributed by atoms with Gasteiger partial charge in [0.2, 0.25) is 0 Å². The molecule has 0 radical (unpaired) electrons. The number of hydrogen-bond donors (Lipinski definition) is 2. The highest BCUT2D eigenvalue weighted by Gasteiger charge is 2.11. The van der Waals surface area contributed by atoms with Crippen molar-refractivity contribution in [1.82, 2.24) is 10.6 Å². The molecule has 4 heteroatoms. The van der Waals surface area contributed by atoms with Crippen LogP contribution >= 0.6 is 0 Å². The standard InChI is InChI=1S/C12H17FN2O/c13-11-3-1-2-10(6-11)7-14-8-12-9-16-5-4-15-12/h1-3,6,12,14-15H,4-5,7-9H2. The van der Waals surface area contributed by atoms with E-state index in [1.54, 1.807) is 12.1 Å². The highest BCUT2D eigenvalue weighted by atomic mass is 19.1. The van der Waals surface area contributed by atoms with Gasteiger partial charge in [-0.3, -0.25) is 0 Å². The first-order valence-corrected chi connectivity index (χ1v) is 5.61. The summed E-state index contributed by atoms with van der Waals surface area (Å²) in [5, 5.41) is 6.64. The maximum Gasteiger partial charge on any atom is 0.123 e. The minimum atomic E-state index is -0.182. The summed E-state index contributed by atoms with van der Waals surface area (Å²) in [6, 6.07) is 7.02. The van der Waals surface area contributed by atoms with Gasteiger partial charge in [0.05, 0.1) is 13.2 Å². The van der Waals surface area contributed by atoms with Gasteiger partial charge in [-0.1, -0.05) is 12.1 Å². The molecule has 0 saturated carbocycles. The van der Waals surface area contributed by atoms with E-state index in [0.29, 0.717) is 12.6 Å². The summed E-state index contributed by atoms with van der Waals surface area (Å²) in [5.41, 5.74) is 0.969. The van der Waals surface area contributed by atoms with E-state index in [4.69, 9.17) is 4.74 Å². The molecule has 1 aromatic rings. The van der Waals surface area contributed by atoms with Crippen molar-refractivity contribution in [3.63, 3.8) is 0 Å². The zero-order valence-electron chi connectivity index (χ0n) is 9.21. The third-order valence-electron chi connectivity index (χ3n) is 2.61. The summed E-state index contributed by atoms with van der Waals surface area (Å²) in [5.74, 6) is -0.182. The Morgan fingerprint density at radius 1 is 1.50 bits per heavy atom. The van der Waals surface area contributed by atoms with Gasteiger partial charge < -0.3 is 15.4 Å². The molecule has 2 rings (SSSR count). The predicted molar refractivity (Wildman–Crippen MR) is 60.7 cm³/mol. The molecule has 3 nitrogen and oxygen atoms in total. The minimum Gasteiger partial charge on any atom is -0.378 e. The molecule has 2 N–H and O–H groups in total. The Labute approximate surface area is 95.0 Å². The molecule has 0 amide bonds. The van der Waals surface area contributed by atoms with Crippen molar-refractivity contribution in [1.29, 1.82) is 0 Å². The Bertz CT molecular complexity index is 327. The van der Waals surface area contributed by atoms with E-state index in [1.165, 1.54) is 6.07 Å². The smallest absolute Gasteiger partial charge is 0.123 e. The van der Waals surface area contributed by atoms with Crippen LogP contribution in [0.3, 0.4) is 0 Å². The summed E-state index contributed by atoms with van der Waals surface area (Å²) >= 11 is 0. The van der Waals surface area contributed by atoms with Crippen molar-refractivity contribution in [2.45, 2.75) is 12.6 Å². The van der Waals surface area contributed by atoms with E-state index in [9.17, 15) is 4.39 Å². The Hall–Kier alpha value is -0.970. The second kappa shape index (κ2) is 5.94. The number of morpholine rings is 1. The first-order chi connectivity index (χ1) is 7.84. The fourth-order valence-corrected chi connectivity index (χ4v) is 1.79. The molecule has 1 atom stereocenters. The second-order valence-electron chi connectivity index (χ2n) is 3.99. The van der Waals surface area contributed by atoms with Crippen LogP contribution in [-0.4, -0.2) is 32.3 Å². The summed E-state index contributed by atoms with van der Waals surface area (Å²) in [7, 11) is 0. The molecule has 1 saturated heterocycles. The second-order valence-corrected chi connectivity index (χ2v) is 3.99.